The van der Waals surface area contributed by atoms with E-state index in [1.54, 1.807) is 12.5 Å². The molecular formula is C9H13NO2. The Morgan fingerprint density at radius 2 is 2.50 bits per heavy atom. The molecule has 1 aromatic rings. The zero-order chi connectivity index (χ0) is 8.77. The maximum Gasteiger partial charge on any atom is 0.0957 e. The topological polar surface area (TPSA) is 59.4 Å². The molecule has 0 saturated heterocycles. The average Bonchev–Trinajstić information content (AvgIpc) is 2.57. The van der Waals surface area contributed by atoms with Gasteiger partial charge in [-0.25, -0.2) is 0 Å². The lowest BCUT2D eigenvalue weighted by molar-refractivity contribution is 0.158. The Labute approximate surface area is 71.2 Å². The van der Waals surface area contributed by atoms with Gasteiger partial charge in [-0.3, -0.25) is 0 Å². The average molecular weight is 167 g/mol. The molecule has 2 unspecified atom stereocenters. The summed E-state index contributed by atoms with van der Waals surface area (Å²) in [5, 5.41) is 9.19. The highest BCUT2D eigenvalue weighted by atomic mass is 16.3. The summed E-state index contributed by atoms with van der Waals surface area (Å²) in [4.78, 5) is 0. The van der Waals surface area contributed by atoms with Gasteiger partial charge in [0.25, 0.3) is 0 Å². The lowest BCUT2D eigenvalue weighted by atomic mass is 9.87. The van der Waals surface area contributed by atoms with Crippen LogP contribution in [0.15, 0.2) is 16.9 Å². The van der Waals surface area contributed by atoms with Crippen LogP contribution in [0.3, 0.4) is 0 Å². The summed E-state index contributed by atoms with van der Waals surface area (Å²) in [7, 11) is 0. The van der Waals surface area contributed by atoms with Crippen molar-refractivity contribution < 1.29 is 9.52 Å². The number of nitrogens with two attached hydrogens (primary N) is 1. The minimum atomic E-state index is -0.581. The van der Waals surface area contributed by atoms with Crippen LogP contribution in [-0.4, -0.2) is 11.7 Å². The van der Waals surface area contributed by atoms with Gasteiger partial charge in [-0.1, -0.05) is 6.92 Å². The SMILES string of the molecule is CC1Cc2cocc2C1(N)CO. The molecule has 3 N–H and O–H groups in total. The summed E-state index contributed by atoms with van der Waals surface area (Å²) in [6.45, 7) is 2.04. The molecule has 1 aliphatic rings. The van der Waals surface area contributed by atoms with Crippen molar-refractivity contribution in [2.45, 2.75) is 18.9 Å². The third-order valence-electron chi connectivity index (χ3n) is 2.91. The lowest BCUT2D eigenvalue weighted by Gasteiger charge is -2.26. The normalized spacial score (nSPS) is 33.8. The van der Waals surface area contributed by atoms with E-state index >= 15 is 0 Å². The molecule has 2 rings (SSSR count). The quantitative estimate of drug-likeness (QED) is 0.644. The van der Waals surface area contributed by atoms with Crippen LogP contribution in [-0.2, 0) is 12.0 Å². The molecule has 0 bridgehead atoms. The molecule has 0 spiro atoms. The molecule has 12 heavy (non-hydrogen) atoms. The molecule has 0 radical (unpaired) electrons. The Hall–Kier alpha value is -0.800. The highest BCUT2D eigenvalue weighted by Crippen LogP contribution is 2.39. The fourth-order valence-corrected chi connectivity index (χ4v) is 1.91. The first kappa shape index (κ1) is 7.83. The number of hydrogen-bond donors (Lipinski definition) is 2. The summed E-state index contributed by atoms with van der Waals surface area (Å²) < 4.78 is 5.04. The van der Waals surface area contributed by atoms with Crippen molar-refractivity contribution in [1.29, 1.82) is 0 Å². The summed E-state index contributed by atoms with van der Waals surface area (Å²) in [6, 6.07) is 0. The van der Waals surface area contributed by atoms with Crippen LogP contribution < -0.4 is 5.73 Å². The van der Waals surface area contributed by atoms with E-state index < -0.39 is 5.54 Å². The monoisotopic (exact) mass is 167 g/mol. The van der Waals surface area contributed by atoms with Gasteiger partial charge in [0.2, 0.25) is 0 Å². The fourth-order valence-electron chi connectivity index (χ4n) is 1.91. The minimum Gasteiger partial charge on any atom is -0.472 e. The smallest absolute Gasteiger partial charge is 0.0957 e. The second kappa shape index (κ2) is 2.34. The Balaban J connectivity index is 2.48. The molecule has 66 valence electrons. The standard InChI is InChI=1S/C9H13NO2/c1-6-2-7-3-12-4-8(7)9(6,10)5-11/h3-4,6,11H,2,5,10H2,1H3. The van der Waals surface area contributed by atoms with Crippen LogP contribution in [0.25, 0.3) is 0 Å². The first-order valence-corrected chi connectivity index (χ1v) is 4.14. The van der Waals surface area contributed by atoms with Crippen LogP contribution in [0.2, 0.25) is 0 Å². The van der Waals surface area contributed by atoms with Gasteiger partial charge in [0.15, 0.2) is 0 Å². The van der Waals surface area contributed by atoms with E-state index in [4.69, 9.17) is 10.2 Å². The van der Waals surface area contributed by atoms with Crippen LogP contribution in [0, 0.1) is 5.92 Å². The molecule has 2 atom stereocenters. The van der Waals surface area contributed by atoms with Crippen molar-refractivity contribution in [2.75, 3.05) is 6.61 Å². The van der Waals surface area contributed by atoms with E-state index in [1.165, 1.54) is 0 Å². The second-order valence-corrected chi connectivity index (χ2v) is 3.61. The van der Waals surface area contributed by atoms with Crippen molar-refractivity contribution in [2.24, 2.45) is 11.7 Å². The van der Waals surface area contributed by atoms with E-state index in [0.29, 0.717) is 5.92 Å². The predicted octanol–water partition coefficient (Wildman–Crippen LogP) is 0.618. The Kier molecular flexibility index (Phi) is 1.53. The number of aliphatic hydroxyl groups excluding tert-OH is 1. The summed E-state index contributed by atoms with van der Waals surface area (Å²) in [6.07, 6.45) is 4.27. The minimum absolute atomic E-state index is 0.0132. The van der Waals surface area contributed by atoms with Crippen molar-refractivity contribution in [3.63, 3.8) is 0 Å². The molecule has 3 heteroatoms. The van der Waals surface area contributed by atoms with Gasteiger partial charge in [0.1, 0.15) is 0 Å². The molecule has 0 aromatic carbocycles. The van der Waals surface area contributed by atoms with Crippen LogP contribution in [0.5, 0.6) is 0 Å². The Bertz CT molecular complexity index is 294. The van der Waals surface area contributed by atoms with Crippen molar-refractivity contribution >= 4 is 0 Å². The van der Waals surface area contributed by atoms with E-state index in [0.717, 1.165) is 17.5 Å². The first-order valence-electron chi connectivity index (χ1n) is 4.14. The number of hydrogen-bond acceptors (Lipinski definition) is 3. The van der Waals surface area contributed by atoms with Crippen LogP contribution >= 0.6 is 0 Å². The van der Waals surface area contributed by atoms with Crippen LogP contribution in [0.4, 0.5) is 0 Å². The molecule has 1 aromatic heterocycles. The Morgan fingerprint density at radius 1 is 1.75 bits per heavy atom. The maximum atomic E-state index is 9.19. The summed E-state index contributed by atoms with van der Waals surface area (Å²) >= 11 is 0. The largest absolute Gasteiger partial charge is 0.472 e. The molecule has 0 amide bonds. The van der Waals surface area contributed by atoms with Crippen LogP contribution in [0.1, 0.15) is 18.1 Å². The highest BCUT2D eigenvalue weighted by Gasteiger charge is 2.42. The predicted molar refractivity (Wildman–Crippen MR) is 44.5 cm³/mol. The second-order valence-electron chi connectivity index (χ2n) is 3.61. The van der Waals surface area contributed by atoms with E-state index in [-0.39, 0.29) is 6.61 Å². The third-order valence-corrected chi connectivity index (χ3v) is 2.91. The number of fused-ring (bicyclic) bond motifs is 1. The number of aliphatic hydroxyl groups is 1. The van der Waals surface area contributed by atoms with Gasteiger partial charge in [0.05, 0.1) is 24.7 Å². The molecule has 0 aliphatic heterocycles. The third kappa shape index (κ3) is 0.778. The lowest BCUT2D eigenvalue weighted by Crippen LogP contribution is -2.43. The van der Waals surface area contributed by atoms with Gasteiger partial charge < -0.3 is 15.3 Å². The molecule has 0 fully saturated rings. The summed E-state index contributed by atoms with van der Waals surface area (Å²) in [5.41, 5.74) is 7.57. The molecular weight excluding hydrogens is 154 g/mol. The van der Waals surface area contributed by atoms with E-state index in [1.807, 2.05) is 0 Å². The zero-order valence-corrected chi connectivity index (χ0v) is 7.08. The number of furan rings is 1. The molecule has 1 aliphatic carbocycles. The van der Waals surface area contributed by atoms with E-state index in [9.17, 15) is 5.11 Å². The van der Waals surface area contributed by atoms with Crippen molar-refractivity contribution in [3.05, 3.63) is 23.7 Å². The molecule has 3 nitrogen and oxygen atoms in total. The van der Waals surface area contributed by atoms with Crippen molar-refractivity contribution in [1.82, 2.24) is 0 Å². The van der Waals surface area contributed by atoms with Crippen molar-refractivity contribution in [3.8, 4) is 0 Å². The van der Waals surface area contributed by atoms with Gasteiger partial charge in [-0.05, 0) is 17.9 Å². The first-order chi connectivity index (χ1) is 5.68. The molecule has 1 heterocycles. The maximum absolute atomic E-state index is 9.19. The Morgan fingerprint density at radius 3 is 3.17 bits per heavy atom. The fraction of sp³-hybridized carbons (Fsp3) is 0.556. The van der Waals surface area contributed by atoms with Gasteiger partial charge in [-0.2, -0.15) is 0 Å². The van der Waals surface area contributed by atoms with Gasteiger partial charge >= 0.3 is 0 Å². The zero-order valence-electron chi connectivity index (χ0n) is 7.08. The van der Waals surface area contributed by atoms with E-state index in [2.05, 4.69) is 6.92 Å². The highest BCUT2D eigenvalue weighted by molar-refractivity contribution is 5.36. The number of rotatable bonds is 1. The molecule has 0 saturated carbocycles. The van der Waals surface area contributed by atoms with Gasteiger partial charge in [0, 0.05) is 5.56 Å². The summed E-state index contributed by atoms with van der Waals surface area (Å²) in [5.74, 6) is 0.295. The van der Waals surface area contributed by atoms with Gasteiger partial charge in [-0.15, -0.1) is 0 Å².